The van der Waals surface area contributed by atoms with E-state index in [1.807, 2.05) is 12.1 Å². The van der Waals surface area contributed by atoms with E-state index in [9.17, 15) is 4.79 Å². The van der Waals surface area contributed by atoms with Crippen LogP contribution in [0.4, 0.5) is 0 Å². The Morgan fingerprint density at radius 1 is 1.23 bits per heavy atom. The fraction of sp³-hybridized carbons (Fsp3) is 0.412. The van der Waals surface area contributed by atoms with Gasteiger partial charge in [0.15, 0.2) is 0 Å². The molecule has 1 aromatic carbocycles. The predicted molar refractivity (Wildman–Crippen MR) is 87.3 cm³/mol. The van der Waals surface area contributed by atoms with Crippen molar-refractivity contribution in [3.05, 3.63) is 57.8 Å². The van der Waals surface area contributed by atoms with Gasteiger partial charge in [-0.3, -0.25) is 4.79 Å². The van der Waals surface area contributed by atoms with E-state index in [0.717, 1.165) is 30.7 Å². The first kappa shape index (κ1) is 16.2. The molecule has 5 heteroatoms. The Labute approximate surface area is 130 Å². The summed E-state index contributed by atoms with van der Waals surface area (Å²) in [4.78, 5) is 18.8. The summed E-state index contributed by atoms with van der Waals surface area (Å²) in [6.45, 7) is 3.20. The van der Waals surface area contributed by atoms with E-state index < -0.39 is 0 Å². The number of aromatic nitrogens is 2. The van der Waals surface area contributed by atoms with E-state index in [1.165, 1.54) is 11.6 Å². The van der Waals surface area contributed by atoms with Gasteiger partial charge in [0.05, 0.1) is 6.61 Å². The summed E-state index contributed by atoms with van der Waals surface area (Å²) in [5, 5.41) is 0. The van der Waals surface area contributed by atoms with E-state index in [1.54, 1.807) is 0 Å². The summed E-state index contributed by atoms with van der Waals surface area (Å²) in [6, 6.07) is 9.58. The molecule has 0 saturated carbocycles. The molecule has 5 nitrogen and oxygen atoms in total. The molecule has 0 fully saturated rings. The molecule has 0 radical (unpaired) electrons. The molecule has 2 rings (SSSR count). The molecule has 0 atom stereocenters. The van der Waals surface area contributed by atoms with Crippen molar-refractivity contribution in [1.29, 1.82) is 0 Å². The lowest BCUT2D eigenvalue weighted by Gasteiger charge is -2.07. The number of benzene rings is 1. The zero-order valence-electron chi connectivity index (χ0n) is 13.0. The van der Waals surface area contributed by atoms with Gasteiger partial charge in [0, 0.05) is 18.2 Å². The Morgan fingerprint density at radius 3 is 2.68 bits per heavy atom. The first-order chi connectivity index (χ1) is 10.7. The number of nitrogens with zero attached hydrogens (tertiary/aromatic N) is 1. The molecule has 3 N–H and O–H groups in total. The molecule has 0 unspecified atom stereocenters. The summed E-state index contributed by atoms with van der Waals surface area (Å²) in [7, 11) is 0. The number of nitrogens with two attached hydrogens (primary N) is 1. The van der Waals surface area contributed by atoms with Crippen LogP contribution in [0.1, 0.15) is 30.4 Å². The molecule has 0 spiro atoms. The molecule has 0 aliphatic carbocycles. The van der Waals surface area contributed by atoms with Crippen molar-refractivity contribution in [2.75, 3.05) is 13.2 Å². The van der Waals surface area contributed by atoms with Crippen LogP contribution in [-0.4, -0.2) is 23.1 Å². The van der Waals surface area contributed by atoms with E-state index in [-0.39, 0.29) is 5.56 Å². The quantitative estimate of drug-likeness (QED) is 0.779. The lowest BCUT2D eigenvalue weighted by molar-refractivity contribution is 0.318. The number of ether oxygens (including phenoxy) is 1. The van der Waals surface area contributed by atoms with Gasteiger partial charge in [-0.1, -0.05) is 19.1 Å². The van der Waals surface area contributed by atoms with Gasteiger partial charge in [-0.15, -0.1) is 0 Å². The average molecular weight is 301 g/mol. The monoisotopic (exact) mass is 301 g/mol. The molecule has 118 valence electrons. The Morgan fingerprint density at radius 2 is 2.00 bits per heavy atom. The van der Waals surface area contributed by atoms with Gasteiger partial charge < -0.3 is 15.5 Å². The first-order valence-electron chi connectivity index (χ1n) is 7.72. The van der Waals surface area contributed by atoms with Crippen molar-refractivity contribution in [2.45, 2.75) is 32.6 Å². The van der Waals surface area contributed by atoms with E-state index in [2.05, 4.69) is 29.0 Å². The fourth-order valence-corrected chi connectivity index (χ4v) is 2.18. The normalized spacial score (nSPS) is 10.6. The van der Waals surface area contributed by atoms with E-state index >= 15 is 0 Å². The number of nitrogens with one attached hydrogen (secondary N) is 1. The van der Waals surface area contributed by atoms with Gasteiger partial charge in [-0.2, -0.15) is 0 Å². The van der Waals surface area contributed by atoms with Crippen LogP contribution < -0.4 is 16.0 Å². The molecular formula is C17H23N3O2. The van der Waals surface area contributed by atoms with Crippen molar-refractivity contribution in [1.82, 2.24) is 9.97 Å². The molecule has 1 heterocycles. The number of aryl methyl sites for hydroxylation is 2. The van der Waals surface area contributed by atoms with Gasteiger partial charge in [0.2, 0.25) is 0 Å². The summed E-state index contributed by atoms with van der Waals surface area (Å²) in [6.07, 6.45) is 3.14. The van der Waals surface area contributed by atoms with Crippen LogP contribution in [0.3, 0.4) is 0 Å². The van der Waals surface area contributed by atoms with Gasteiger partial charge in [-0.05, 0) is 43.5 Å². The second kappa shape index (κ2) is 8.34. The molecule has 22 heavy (non-hydrogen) atoms. The second-order valence-corrected chi connectivity index (χ2v) is 5.17. The Balaban J connectivity index is 1.90. The maximum absolute atomic E-state index is 11.6. The molecule has 0 amide bonds. The summed E-state index contributed by atoms with van der Waals surface area (Å²) < 4.78 is 5.69. The van der Waals surface area contributed by atoms with Crippen molar-refractivity contribution in [3.8, 4) is 5.75 Å². The smallest absolute Gasteiger partial charge is 0.251 e. The number of hydrogen-bond donors (Lipinski definition) is 2. The second-order valence-electron chi connectivity index (χ2n) is 5.17. The standard InChI is InChI=1S/C17H23N3O2/c1-2-13-5-7-15(8-6-13)22-11-9-16-19-14(4-3-10-18)12-17(21)20-16/h5-8,12H,2-4,9-11,18H2,1H3,(H,19,20,21). The average Bonchev–Trinajstić information content (AvgIpc) is 2.53. The highest BCUT2D eigenvalue weighted by Gasteiger charge is 2.02. The Bertz CT molecular complexity index is 635. The third-order valence-corrected chi connectivity index (χ3v) is 3.42. The van der Waals surface area contributed by atoms with Crippen LogP contribution in [-0.2, 0) is 19.3 Å². The van der Waals surface area contributed by atoms with Crippen molar-refractivity contribution < 1.29 is 4.74 Å². The lowest BCUT2D eigenvalue weighted by Crippen LogP contribution is -2.15. The Hall–Kier alpha value is -2.14. The topological polar surface area (TPSA) is 81.0 Å². The van der Waals surface area contributed by atoms with Crippen molar-refractivity contribution in [3.63, 3.8) is 0 Å². The van der Waals surface area contributed by atoms with Gasteiger partial charge in [0.25, 0.3) is 5.56 Å². The molecular weight excluding hydrogens is 278 g/mol. The molecule has 0 aliphatic heterocycles. The number of hydrogen-bond acceptors (Lipinski definition) is 4. The SMILES string of the molecule is CCc1ccc(OCCc2nc(CCCN)cc(=O)[nH]2)cc1. The number of aromatic amines is 1. The largest absolute Gasteiger partial charge is 0.493 e. The Kier molecular flexibility index (Phi) is 6.15. The summed E-state index contributed by atoms with van der Waals surface area (Å²) >= 11 is 0. The van der Waals surface area contributed by atoms with Crippen LogP contribution in [0.5, 0.6) is 5.75 Å². The van der Waals surface area contributed by atoms with Crippen LogP contribution in [0.25, 0.3) is 0 Å². The van der Waals surface area contributed by atoms with Crippen molar-refractivity contribution >= 4 is 0 Å². The summed E-state index contributed by atoms with van der Waals surface area (Å²) in [5.41, 5.74) is 7.43. The zero-order valence-corrected chi connectivity index (χ0v) is 13.0. The maximum atomic E-state index is 11.6. The molecule has 0 saturated heterocycles. The predicted octanol–water partition coefficient (Wildman–Crippen LogP) is 1.85. The molecule has 2 aromatic rings. The van der Waals surface area contributed by atoms with Gasteiger partial charge in [-0.25, -0.2) is 4.98 Å². The minimum Gasteiger partial charge on any atom is -0.493 e. The van der Waals surface area contributed by atoms with Crippen molar-refractivity contribution in [2.24, 2.45) is 5.73 Å². The van der Waals surface area contributed by atoms with Crippen LogP contribution in [0.15, 0.2) is 35.1 Å². The number of H-pyrrole nitrogens is 1. The minimum absolute atomic E-state index is 0.121. The third-order valence-electron chi connectivity index (χ3n) is 3.42. The summed E-state index contributed by atoms with van der Waals surface area (Å²) in [5.74, 6) is 1.49. The molecule has 0 bridgehead atoms. The van der Waals surface area contributed by atoms with Crippen LogP contribution >= 0.6 is 0 Å². The first-order valence-corrected chi connectivity index (χ1v) is 7.72. The maximum Gasteiger partial charge on any atom is 0.251 e. The van der Waals surface area contributed by atoms with Crippen LogP contribution in [0.2, 0.25) is 0 Å². The third kappa shape index (κ3) is 5.00. The van der Waals surface area contributed by atoms with E-state index in [0.29, 0.717) is 25.4 Å². The number of rotatable bonds is 8. The van der Waals surface area contributed by atoms with Gasteiger partial charge >= 0.3 is 0 Å². The minimum atomic E-state index is -0.121. The highest BCUT2D eigenvalue weighted by atomic mass is 16.5. The van der Waals surface area contributed by atoms with E-state index in [4.69, 9.17) is 10.5 Å². The fourth-order valence-electron chi connectivity index (χ4n) is 2.18. The van der Waals surface area contributed by atoms with Crippen LogP contribution in [0, 0.1) is 0 Å². The highest BCUT2D eigenvalue weighted by Crippen LogP contribution is 2.12. The van der Waals surface area contributed by atoms with Gasteiger partial charge in [0.1, 0.15) is 11.6 Å². The lowest BCUT2D eigenvalue weighted by atomic mass is 10.2. The highest BCUT2D eigenvalue weighted by molar-refractivity contribution is 5.27. The zero-order chi connectivity index (χ0) is 15.8. The molecule has 1 aromatic heterocycles. The molecule has 0 aliphatic rings.